The van der Waals surface area contributed by atoms with Crippen molar-refractivity contribution in [3.63, 3.8) is 0 Å². The molecule has 0 aliphatic heterocycles. The third kappa shape index (κ3) is 4.56. The summed E-state index contributed by atoms with van der Waals surface area (Å²) in [6.07, 6.45) is 0. The molecule has 6 nitrogen and oxygen atoms in total. The molecule has 0 aromatic heterocycles. The Balaban J connectivity index is 2.12. The van der Waals surface area contributed by atoms with Crippen LogP contribution in [0, 0.1) is 0 Å². The van der Waals surface area contributed by atoms with Crippen LogP contribution in [0.25, 0.3) is 0 Å². The molecule has 0 saturated carbocycles. The minimum Gasteiger partial charge on any atom is -0.497 e. The first kappa shape index (κ1) is 18.4. The molecule has 0 saturated heterocycles. The molecule has 0 unspecified atom stereocenters. The topological polar surface area (TPSA) is 68.8 Å². The molecule has 0 radical (unpaired) electrons. The van der Waals surface area contributed by atoms with Crippen molar-refractivity contribution in [1.29, 1.82) is 0 Å². The van der Waals surface area contributed by atoms with Gasteiger partial charge in [0.25, 0.3) is 0 Å². The monoisotopic (exact) mass is 344 g/mol. The standard InChI is InChI=1S/C19H24N2O4/c1-19(2,13-6-8-14(23-3)9-7-13)21-18(22)20-16-12-15(24-4)10-11-17(16)25-5/h6-12H,1-5H3,(H2,20,21,22). The smallest absolute Gasteiger partial charge is 0.320 e. The van der Waals surface area contributed by atoms with Crippen molar-refractivity contribution in [2.24, 2.45) is 0 Å². The van der Waals surface area contributed by atoms with Crippen LogP contribution in [0.5, 0.6) is 17.2 Å². The van der Waals surface area contributed by atoms with Crippen molar-refractivity contribution in [2.45, 2.75) is 19.4 Å². The summed E-state index contributed by atoms with van der Waals surface area (Å²) in [4.78, 5) is 12.4. The molecule has 25 heavy (non-hydrogen) atoms. The molecule has 134 valence electrons. The maximum atomic E-state index is 12.4. The number of hydrogen-bond acceptors (Lipinski definition) is 4. The number of nitrogens with one attached hydrogen (secondary N) is 2. The van der Waals surface area contributed by atoms with E-state index in [4.69, 9.17) is 14.2 Å². The lowest BCUT2D eigenvalue weighted by Gasteiger charge is -2.27. The fraction of sp³-hybridized carbons (Fsp3) is 0.316. The van der Waals surface area contributed by atoms with Crippen LogP contribution >= 0.6 is 0 Å². The van der Waals surface area contributed by atoms with E-state index in [2.05, 4.69) is 10.6 Å². The molecule has 0 heterocycles. The molecule has 0 fully saturated rings. The summed E-state index contributed by atoms with van der Waals surface area (Å²) >= 11 is 0. The predicted octanol–water partition coefficient (Wildman–Crippen LogP) is 3.77. The van der Waals surface area contributed by atoms with Gasteiger partial charge in [-0.2, -0.15) is 0 Å². The molecule has 0 atom stereocenters. The minimum atomic E-state index is -0.567. The molecule has 0 aliphatic rings. The van der Waals surface area contributed by atoms with Crippen LogP contribution in [0.2, 0.25) is 0 Å². The molecule has 0 bridgehead atoms. The second-order valence-electron chi connectivity index (χ2n) is 6.00. The SMILES string of the molecule is COc1ccc(C(C)(C)NC(=O)Nc2cc(OC)ccc2OC)cc1. The van der Waals surface area contributed by atoms with Gasteiger partial charge in [0, 0.05) is 6.07 Å². The summed E-state index contributed by atoms with van der Waals surface area (Å²) in [7, 11) is 4.73. The molecule has 2 aromatic carbocycles. The largest absolute Gasteiger partial charge is 0.497 e. The zero-order valence-electron chi connectivity index (χ0n) is 15.2. The van der Waals surface area contributed by atoms with E-state index in [0.717, 1.165) is 11.3 Å². The van der Waals surface area contributed by atoms with E-state index in [0.29, 0.717) is 17.2 Å². The highest BCUT2D eigenvalue weighted by molar-refractivity contribution is 5.91. The van der Waals surface area contributed by atoms with E-state index in [9.17, 15) is 4.79 Å². The molecule has 2 rings (SSSR count). The summed E-state index contributed by atoms with van der Waals surface area (Å²) < 4.78 is 15.6. The zero-order chi connectivity index (χ0) is 18.4. The van der Waals surface area contributed by atoms with E-state index in [1.54, 1.807) is 39.5 Å². The highest BCUT2D eigenvalue weighted by Crippen LogP contribution is 2.29. The number of methoxy groups -OCH3 is 3. The van der Waals surface area contributed by atoms with Gasteiger partial charge in [0.05, 0.1) is 32.6 Å². The third-order valence-corrected chi connectivity index (χ3v) is 3.89. The number of rotatable bonds is 6. The van der Waals surface area contributed by atoms with Crippen LogP contribution in [-0.4, -0.2) is 27.4 Å². The maximum absolute atomic E-state index is 12.4. The van der Waals surface area contributed by atoms with Crippen molar-refractivity contribution in [3.05, 3.63) is 48.0 Å². The molecule has 6 heteroatoms. The van der Waals surface area contributed by atoms with Crippen LogP contribution in [0.3, 0.4) is 0 Å². The average molecular weight is 344 g/mol. The first-order chi connectivity index (χ1) is 11.9. The van der Waals surface area contributed by atoms with E-state index < -0.39 is 5.54 Å². The number of hydrogen-bond donors (Lipinski definition) is 2. The number of urea groups is 1. The Hall–Kier alpha value is -2.89. The van der Waals surface area contributed by atoms with Gasteiger partial charge in [-0.25, -0.2) is 4.79 Å². The van der Waals surface area contributed by atoms with E-state index in [1.165, 1.54) is 0 Å². The first-order valence-corrected chi connectivity index (χ1v) is 7.85. The number of ether oxygens (including phenoxy) is 3. The number of benzene rings is 2. The van der Waals surface area contributed by atoms with Crippen LogP contribution in [0.15, 0.2) is 42.5 Å². The van der Waals surface area contributed by atoms with E-state index in [1.807, 2.05) is 38.1 Å². The molecular formula is C19H24N2O4. The second-order valence-corrected chi connectivity index (χ2v) is 6.00. The van der Waals surface area contributed by atoms with Crippen LogP contribution in [0.4, 0.5) is 10.5 Å². The van der Waals surface area contributed by atoms with Crippen molar-refractivity contribution in [1.82, 2.24) is 5.32 Å². The molecule has 0 spiro atoms. The van der Waals surface area contributed by atoms with Crippen molar-refractivity contribution in [2.75, 3.05) is 26.6 Å². The van der Waals surface area contributed by atoms with Crippen molar-refractivity contribution >= 4 is 11.7 Å². The van der Waals surface area contributed by atoms with Gasteiger partial charge >= 0.3 is 6.03 Å². The maximum Gasteiger partial charge on any atom is 0.320 e. The summed E-state index contributed by atoms with van der Waals surface area (Å²) in [6, 6.07) is 12.4. The minimum absolute atomic E-state index is 0.340. The van der Waals surface area contributed by atoms with Gasteiger partial charge in [-0.15, -0.1) is 0 Å². The number of anilines is 1. The Labute approximate surface area is 148 Å². The molecule has 2 amide bonds. The van der Waals surface area contributed by atoms with Gasteiger partial charge in [0.15, 0.2) is 0 Å². The molecule has 2 aromatic rings. The lowest BCUT2D eigenvalue weighted by atomic mass is 9.94. The Kier molecular flexibility index (Phi) is 5.75. The van der Waals surface area contributed by atoms with Crippen LogP contribution in [0.1, 0.15) is 19.4 Å². The third-order valence-electron chi connectivity index (χ3n) is 3.89. The summed E-state index contributed by atoms with van der Waals surface area (Å²) in [6.45, 7) is 3.86. The Morgan fingerprint density at radius 2 is 1.48 bits per heavy atom. The van der Waals surface area contributed by atoms with E-state index in [-0.39, 0.29) is 6.03 Å². The normalized spacial score (nSPS) is 10.8. The zero-order valence-corrected chi connectivity index (χ0v) is 15.2. The lowest BCUT2D eigenvalue weighted by Crippen LogP contribution is -2.43. The number of carbonyl (C=O) groups is 1. The van der Waals surface area contributed by atoms with Crippen LogP contribution < -0.4 is 24.8 Å². The molecular weight excluding hydrogens is 320 g/mol. The highest BCUT2D eigenvalue weighted by atomic mass is 16.5. The number of carbonyl (C=O) groups excluding carboxylic acids is 1. The fourth-order valence-electron chi connectivity index (χ4n) is 2.43. The lowest BCUT2D eigenvalue weighted by molar-refractivity contribution is 0.241. The Morgan fingerprint density at radius 1 is 0.880 bits per heavy atom. The molecule has 0 aliphatic carbocycles. The predicted molar refractivity (Wildman–Crippen MR) is 97.7 cm³/mol. The fourth-order valence-corrected chi connectivity index (χ4v) is 2.43. The quantitative estimate of drug-likeness (QED) is 0.837. The van der Waals surface area contributed by atoms with E-state index >= 15 is 0 Å². The Bertz CT molecular complexity index is 727. The summed E-state index contributed by atoms with van der Waals surface area (Å²) in [5, 5.41) is 5.76. The average Bonchev–Trinajstić information content (AvgIpc) is 2.61. The van der Waals surface area contributed by atoms with Gasteiger partial charge in [0.1, 0.15) is 17.2 Å². The second kappa shape index (κ2) is 7.79. The van der Waals surface area contributed by atoms with Gasteiger partial charge in [-0.05, 0) is 43.7 Å². The van der Waals surface area contributed by atoms with Gasteiger partial charge in [-0.1, -0.05) is 12.1 Å². The Morgan fingerprint density at radius 3 is 2.04 bits per heavy atom. The first-order valence-electron chi connectivity index (χ1n) is 7.85. The van der Waals surface area contributed by atoms with Crippen molar-refractivity contribution < 1.29 is 19.0 Å². The summed E-state index contributed by atoms with van der Waals surface area (Å²) in [5.74, 6) is 1.95. The van der Waals surface area contributed by atoms with Gasteiger partial charge in [-0.3, -0.25) is 0 Å². The number of amides is 2. The molecule has 2 N–H and O–H groups in total. The van der Waals surface area contributed by atoms with Crippen molar-refractivity contribution in [3.8, 4) is 17.2 Å². The van der Waals surface area contributed by atoms with Crippen LogP contribution in [-0.2, 0) is 5.54 Å². The summed E-state index contributed by atoms with van der Waals surface area (Å²) in [5.41, 5.74) is 0.925. The van der Waals surface area contributed by atoms with Gasteiger partial charge in [0.2, 0.25) is 0 Å². The van der Waals surface area contributed by atoms with Gasteiger partial charge < -0.3 is 24.8 Å². The highest BCUT2D eigenvalue weighted by Gasteiger charge is 2.23.